The van der Waals surface area contributed by atoms with Crippen LogP contribution >= 0.6 is 0 Å². The van der Waals surface area contributed by atoms with Crippen LogP contribution in [0.5, 0.6) is 0 Å². The number of likely N-dealkylation sites (N-methyl/N-ethyl adjacent to an activating group) is 1. The van der Waals surface area contributed by atoms with Gasteiger partial charge in [0.05, 0.1) is 0 Å². The predicted molar refractivity (Wildman–Crippen MR) is 99.4 cm³/mol. The average Bonchev–Trinajstić information content (AvgIpc) is 2.57. The SMILES string of the molecule is CCc1c(C)nc(N)nc1N1CCC[C@@H](CN2CCN(C)CC2)C1. The number of rotatable bonds is 4. The Kier molecular flexibility index (Phi) is 5.56. The molecule has 3 rings (SSSR count). The van der Waals surface area contributed by atoms with Gasteiger partial charge in [-0.2, -0.15) is 4.98 Å². The molecule has 2 aliphatic heterocycles. The molecule has 2 N–H and O–H groups in total. The van der Waals surface area contributed by atoms with Gasteiger partial charge in [-0.25, -0.2) is 4.98 Å². The van der Waals surface area contributed by atoms with E-state index in [1.54, 1.807) is 0 Å². The van der Waals surface area contributed by atoms with E-state index in [1.165, 1.54) is 51.1 Å². The topological polar surface area (TPSA) is 61.5 Å². The molecule has 0 aliphatic carbocycles. The molecule has 0 bridgehead atoms. The van der Waals surface area contributed by atoms with Gasteiger partial charge in [0.2, 0.25) is 5.95 Å². The van der Waals surface area contributed by atoms with Crippen molar-refractivity contribution < 1.29 is 0 Å². The largest absolute Gasteiger partial charge is 0.368 e. The van der Waals surface area contributed by atoms with Crippen LogP contribution in [-0.2, 0) is 6.42 Å². The summed E-state index contributed by atoms with van der Waals surface area (Å²) in [5, 5.41) is 0. The van der Waals surface area contributed by atoms with Crippen molar-refractivity contribution in [3.63, 3.8) is 0 Å². The van der Waals surface area contributed by atoms with E-state index in [4.69, 9.17) is 5.73 Å². The van der Waals surface area contributed by atoms with Crippen LogP contribution in [0.15, 0.2) is 0 Å². The van der Waals surface area contributed by atoms with Gasteiger partial charge in [-0.3, -0.25) is 0 Å². The standard InChI is InChI=1S/C18H32N6/c1-4-16-14(2)20-18(19)21-17(16)24-7-5-6-15(13-24)12-23-10-8-22(3)9-11-23/h15H,4-13H2,1-3H3,(H2,19,20,21)/t15-/m0/s1. The lowest BCUT2D eigenvalue weighted by Crippen LogP contribution is -2.48. The molecule has 134 valence electrons. The van der Waals surface area contributed by atoms with Crippen LogP contribution in [-0.4, -0.2) is 72.6 Å². The number of piperidine rings is 1. The molecular weight excluding hydrogens is 300 g/mol. The van der Waals surface area contributed by atoms with Gasteiger partial charge in [-0.15, -0.1) is 0 Å². The van der Waals surface area contributed by atoms with Crippen molar-refractivity contribution in [1.29, 1.82) is 0 Å². The summed E-state index contributed by atoms with van der Waals surface area (Å²) < 4.78 is 0. The van der Waals surface area contributed by atoms with Gasteiger partial charge in [0.1, 0.15) is 5.82 Å². The second-order valence-electron chi connectivity index (χ2n) is 7.38. The molecule has 0 unspecified atom stereocenters. The molecule has 3 heterocycles. The number of anilines is 2. The van der Waals surface area contributed by atoms with Crippen LogP contribution in [0.3, 0.4) is 0 Å². The second-order valence-corrected chi connectivity index (χ2v) is 7.38. The van der Waals surface area contributed by atoms with Crippen LogP contribution in [0.1, 0.15) is 31.0 Å². The third-order valence-electron chi connectivity index (χ3n) is 5.49. The Morgan fingerprint density at radius 1 is 1.12 bits per heavy atom. The zero-order valence-electron chi connectivity index (χ0n) is 15.5. The summed E-state index contributed by atoms with van der Waals surface area (Å²) in [7, 11) is 2.22. The Labute approximate surface area is 146 Å². The summed E-state index contributed by atoms with van der Waals surface area (Å²) in [4.78, 5) is 16.4. The normalized spacial score (nSPS) is 23.6. The first-order valence-electron chi connectivity index (χ1n) is 9.35. The van der Waals surface area contributed by atoms with Crippen molar-refractivity contribution in [3.05, 3.63) is 11.3 Å². The molecule has 1 aromatic heterocycles. The lowest BCUT2D eigenvalue weighted by molar-refractivity contribution is 0.131. The first-order valence-corrected chi connectivity index (χ1v) is 9.35. The number of aryl methyl sites for hydroxylation is 1. The van der Waals surface area contributed by atoms with E-state index in [0.29, 0.717) is 5.95 Å². The van der Waals surface area contributed by atoms with Gasteiger partial charge < -0.3 is 20.4 Å². The number of nitrogens with two attached hydrogens (primary N) is 1. The molecule has 0 amide bonds. The summed E-state index contributed by atoms with van der Waals surface area (Å²) >= 11 is 0. The summed E-state index contributed by atoms with van der Waals surface area (Å²) in [5.41, 5.74) is 8.21. The molecule has 6 heteroatoms. The van der Waals surface area contributed by atoms with Gasteiger partial charge in [0, 0.05) is 57.1 Å². The number of hydrogen-bond acceptors (Lipinski definition) is 6. The quantitative estimate of drug-likeness (QED) is 0.899. The molecule has 0 aromatic carbocycles. The van der Waals surface area contributed by atoms with Crippen LogP contribution in [0.25, 0.3) is 0 Å². The van der Waals surface area contributed by atoms with Gasteiger partial charge in [-0.1, -0.05) is 6.92 Å². The molecule has 1 atom stereocenters. The van der Waals surface area contributed by atoms with E-state index < -0.39 is 0 Å². The number of piperazine rings is 1. The third kappa shape index (κ3) is 3.98. The summed E-state index contributed by atoms with van der Waals surface area (Å²) in [6, 6.07) is 0. The number of aromatic nitrogens is 2. The Morgan fingerprint density at radius 2 is 1.88 bits per heavy atom. The fourth-order valence-corrected chi connectivity index (χ4v) is 4.08. The molecule has 24 heavy (non-hydrogen) atoms. The zero-order valence-corrected chi connectivity index (χ0v) is 15.5. The van der Waals surface area contributed by atoms with E-state index in [-0.39, 0.29) is 0 Å². The number of nitrogen functional groups attached to an aromatic ring is 1. The molecule has 2 fully saturated rings. The van der Waals surface area contributed by atoms with Crippen LogP contribution in [0, 0.1) is 12.8 Å². The van der Waals surface area contributed by atoms with E-state index in [1.807, 2.05) is 6.92 Å². The molecular formula is C18H32N6. The lowest BCUT2D eigenvalue weighted by Gasteiger charge is -2.39. The highest BCUT2D eigenvalue weighted by atomic mass is 15.3. The minimum absolute atomic E-state index is 0.404. The first-order chi connectivity index (χ1) is 11.6. The molecule has 1 aromatic rings. The molecule has 0 spiro atoms. The fraction of sp³-hybridized carbons (Fsp3) is 0.778. The summed E-state index contributed by atoms with van der Waals surface area (Å²) in [6.07, 6.45) is 3.52. The Hall–Kier alpha value is -1.40. The van der Waals surface area contributed by atoms with Crippen LogP contribution in [0.4, 0.5) is 11.8 Å². The number of nitrogens with zero attached hydrogens (tertiary/aromatic N) is 5. The van der Waals surface area contributed by atoms with Crippen LogP contribution < -0.4 is 10.6 Å². The van der Waals surface area contributed by atoms with Gasteiger partial charge in [0.25, 0.3) is 0 Å². The van der Waals surface area contributed by atoms with Crippen molar-refractivity contribution in [2.75, 3.05) is 63.5 Å². The van der Waals surface area contributed by atoms with E-state index in [9.17, 15) is 0 Å². The van der Waals surface area contributed by atoms with Gasteiger partial charge in [0.15, 0.2) is 0 Å². The Balaban J connectivity index is 1.67. The Bertz CT molecular complexity index is 553. The van der Waals surface area contributed by atoms with Crippen molar-refractivity contribution in [2.45, 2.75) is 33.1 Å². The minimum Gasteiger partial charge on any atom is -0.368 e. The predicted octanol–water partition coefficient (Wildman–Crippen LogP) is 1.39. The summed E-state index contributed by atoms with van der Waals surface area (Å²) in [6.45, 7) is 12.4. The second kappa shape index (κ2) is 7.66. The monoisotopic (exact) mass is 332 g/mol. The van der Waals surface area contributed by atoms with Gasteiger partial charge >= 0.3 is 0 Å². The van der Waals surface area contributed by atoms with E-state index in [2.05, 4.69) is 38.6 Å². The van der Waals surface area contributed by atoms with E-state index >= 15 is 0 Å². The van der Waals surface area contributed by atoms with Gasteiger partial charge in [-0.05, 0) is 39.2 Å². The molecule has 2 aliphatic rings. The van der Waals surface area contributed by atoms with Crippen LogP contribution in [0.2, 0.25) is 0 Å². The highest BCUT2D eigenvalue weighted by molar-refractivity contribution is 5.52. The molecule has 6 nitrogen and oxygen atoms in total. The van der Waals surface area contributed by atoms with Crippen molar-refractivity contribution >= 4 is 11.8 Å². The smallest absolute Gasteiger partial charge is 0.222 e. The maximum absolute atomic E-state index is 5.93. The summed E-state index contributed by atoms with van der Waals surface area (Å²) in [5.74, 6) is 2.20. The maximum Gasteiger partial charge on any atom is 0.222 e. The first kappa shape index (κ1) is 17.4. The average molecular weight is 332 g/mol. The zero-order chi connectivity index (χ0) is 17.1. The highest BCUT2D eigenvalue weighted by Gasteiger charge is 2.26. The van der Waals surface area contributed by atoms with E-state index in [0.717, 1.165) is 36.9 Å². The molecule has 0 saturated carbocycles. The third-order valence-corrected chi connectivity index (χ3v) is 5.49. The lowest BCUT2D eigenvalue weighted by atomic mass is 9.96. The molecule has 0 radical (unpaired) electrons. The fourth-order valence-electron chi connectivity index (χ4n) is 4.08. The van der Waals surface area contributed by atoms with Crippen molar-refractivity contribution in [2.24, 2.45) is 5.92 Å². The number of hydrogen-bond donors (Lipinski definition) is 1. The van der Waals surface area contributed by atoms with Crippen molar-refractivity contribution in [1.82, 2.24) is 19.8 Å². The maximum atomic E-state index is 5.93. The highest BCUT2D eigenvalue weighted by Crippen LogP contribution is 2.27. The molecule has 2 saturated heterocycles. The minimum atomic E-state index is 0.404. The van der Waals surface area contributed by atoms with Crippen molar-refractivity contribution in [3.8, 4) is 0 Å². The Morgan fingerprint density at radius 3 is 2.58 bits per heavy atom.